The number of anilines is 2. The average Bonchev–Trinajstić information content (AvgIpc) is 3.21. The maximum Gasteiger partial charge on any atom is 0.285 e. The number of benzene rings is 3. The molecule has 4 rings (SSSR count). The van der Waals surface area contributed by atoms with Crippen molar-refractivity contribution in [2.45, 2.75) is 0 Å². The molecule has 0 N–H and O–H groups in total. The molecule has 0 saturated heterocycles. The molecule has 1 amide bonds. The predicted molar refractivity (Wildman–Crippen MR) is 101 cm³/mol. The minimum absolute atomic E-state index is 0.242. The van der Waals surface area contributed by atoms with Crippen LogP contribution in [0.1, 0.15) is 10.5 Å². The molecule has 1 aromatic heterocycles. The molecule has 4 heteroatoms. The molecule has 0 bridgehead atoms. The van der Waals surface area contributed by atoms with Gasteiger partial charge in [-0.3, -0.25) is 9.69 Å². The summed E-state index contributed by atoms with van der Waals surface area (Å²) in [5, 5.41) is 4.00. The lowest BCUT2D eigenvalue weighted by Gasteiger charge is -2.21. The minimum atomic E-state index is -0.242. The van der Waals surface area contributed by atoms with Crippen LogP contribution in [0.5, 0.6) is 0 Å². The van der Waals surface area contributed by atoms with Gasteiger partial charge < -0.3 is 4.52 Å². The zero-order chi connectivity index (χ0) is 17.8. The first kappa shape index (κ1) is 15.8. The Hall–Kier alpha value is -3.66. The fourth-order valence-corrected chi connectivity index (χ4v) is 2.77. The second-order valence-electron chi connectivity index (χ2n) is 5.75. The van der Waals surface area contributed by atoms with Crippen molar-refractivity contribution in [3.63, 3.8) is 0 Å². The van der Waals surface area contributed by atoms with Crippen molar-refractivity contribution in [3.05, 3.63) is 103 Å². The highest BCUT2D eigenvalue weighted by atomic mass is 16.5. The highest BCUT2D eigenvalue weighted by molar-refractivity contribution is 6.10. The number of hydrogen-bond donors (Lipinski definition) is 0. The molecule has 126 valence electrons. The van der Waals surface area contributed by atoms with Crippen molar-refractivity contribution in [1.82, 2.24) is 5.16 Å². The van der Waals surface area contributed by atoms with Crippen LogP contribution in [-0.2, 0) is 0 Å². The Morgan fingerprint density at radius 3 is 1.77 bits per heavy atom. The predicted octanol–water partition coefficient (Wildman–Crippen LogP) is 5.32. The van der Waals surface area contributed by atoms with Gasteiger partial charge >= 0.3 is 0 Å². The average molecular weight is 340 g/mol. The maximum absolute atomic E-state index is 13.2. The first-order valence-electron chi connectivity index (χ1n) is 8.29. The van der Waals surface area contributed by atoms with Gasteiger partial charge in [-0.1, -0.05) is 71.9 Å². The summed E-state index contributed by atoms with van der Waals surface area (Å²) >= 11 is 0. The van der Waals surface area contributed by atoms with E-state index in [1.165, 1.54) is 0 Å². The largest absolute Gasteiger partial charge is 0.355 e. The minimum Gasteiger partial charge on any atom is -0.355 e. The standard InChI is InChI=1S/C22H16N2O2/c25-22(20-16-21(26-23-20)17-10-4-1-5-11-17)24(18-12-6-2-7-13-18)19-14-8-3-9-15-19/h1-16H. The van der Waals surface area contributed by atoms with Crippen molar-refractivity contribution in [3.8, 4) is 11.3 Å². The molecule has 0 unspecified atom stereocenters. The fourth-order valence-electron chi connectivity index (χ4n) is 2.77. The van der Waals surface area contributed by atoms with Crippen LogP contribution in [0.4, 0.5) is 11.4 Å². The van der Waals surface area contributed by atoms with Gasteiger partial charge in [0.15, 0.2) is 11.5 Å². The smallest absolute Gasteiger partial charge is 0.285 e. The summed E-state index contributed by atoms with van der Waals surface area (Å²) in [5.41, 5.74) is 2.68. The zero-order valence-corrected chi connectivity index (χ0v) is 13.9. The van der Waals surface area contributed by atoms with Crippen LogP contribution >= 0.6 is 0 Å². The highest BCUT2D eigenvalue weighted by Crippen LogP contribution is 2.28. The summed E-state index contributed by atoms with van der Waals surface area (Å²) in [5.74, 6) is 0.323. The van der Waals surface area contributed by atoms with E-state index in [9.17, 15) is 4.79 Å². The van der Waals surface area contributed by atoms with Crippen LogP contribution in [-0.4, -0.2) is 11.1 Å². The number of carbonyl (C=O) groups is 1. The van der Waals surface area contributed by atoms with Gasteiger partial charge in [-0.05, 0) is 24.3 Å². The van der Waals surface area contributed by atoms with Gasteiger partial charge in [0.2, 0.25) is 0 Å². The molecule has 26 heavy (non-hydrogen) atoms. The van der Waals surface area contributed by atoms with Gasteiger partial charge in [0.1, 0.15) is 0 Å². The van der Waals surface area contributed by atoms with Crippen molar-refractivity contribution < 1.29 is 9.32 Å². The lowest BCUT2D eigenvalue weighted by atomic mass is 10.1. The summed E-state index contributed by atoms with van der Waals surface area (Å²) in [6, 6.07) is 30.3. The Labute approximate surface area is 151 Å². The molecule has 0 atom stereocenters. The number of aromatic nitrogens is 1. The Kier molecular flexibility index (Phi) is 4.31. The normalized spacial score (nSPS) is 10.5. The number of amides is 1. The molecule has 0 aliphatic carbocycles. The second-order valence-corrected chi connectivity index (χ2v) is 5.75. The zero-order valence-electron chi connectivity index (χ0n) is 13.9. The van der Waals surface area contributed by atoms with Crippen molar-refractivity contribution in [2.75, 3.05) is 4.90 Å². The molecule has 0 fully saturated rings. The number of hydrogen-bond acceptors (Lipinski definition) is 3. The molecular weight excluding hydrogens is 324 g/mol. The Morgan fingerprint density at radius 2 is 1.23 bits per heavy atom. The van der Waals surface area contributed by atoms with E-state index < -0.39 is 0 Å². The monoisotopic (exact) mass is 340 g/mol. The summed E-state index contributed by atoms with van der Waals surface area (Å²) in [6.45, 7) is 0. The number of para-hydroxylation sites is 2. The van der Waals surface area contributed by atoms with Crippen molar-refractivity contribution in [2.24, 2.45) is 0 Å². The van der Waals surface area contributed by atoms with Gasteiger partial charge in [-0.15, -0.1) is 0 Å². The Bertz CT molecular complexity index is 957. The van der Waals surface area contributed by atoms with Crippen LogP contribution in [0.15, 0.2) is 102 Å². The highest BCUT2D eigenvalue weighted by Gasteiger charge is 2.23. The molecule has 0 aliphatic heterocycles. The first-order valence-corrected chi connectivity index (χ1v) is 8.29. The quantitative estimate of drug-likeness (QED) is 0.505. The van der Waals surface area contributed by atoms with E-state index in [1.807, 2.05) is 91.0 Å². The molecule has 0 radical (unpaired) electrons. The third kappa shape index (κ3) is 3.13. The molecule has 4 nitrogen and oxygen atoms in total. The van der Waals surface area contributed by atoms with Crippen LogP contribution in [0.3, 0.4) is 0 Å². The Morgan fingerprint density at radius 1 is 0.731 bits per heavy atom. The maximum atomic E-state index is 13.2. The van der Waals surface area contributed by atoms with E-state index in [0.717, 1.165) is 16.9 Å². The number of nitrogens with zero attached hydrogens (tertiary/aromatic N) is 2. The number of rotatable bonds is 4. The van der Waals surface area contributed by atoms with Gasteiger partial charge in [0, 0.05) is 23.0 Å². The van der Waals surface area contributed by atoms with Crippen LogP contribution in [0.2, 0.25) is 0 Å². The lowest BCUT2D eigenvalue weighted by Crippen LogP contribution is -2.26. The van der Waals surface area contributed by atoms with Crippen LogP contribution in [0, 0.1) is 0 Å². The molecule has 1 heterocycles. The molecular formula is C22H16N2O2. The topological polar surface area (TPSA) is 46.3 Å². The van der Waals surface area contributed by atoms with Crippen LogP contribution < -0.4 is 4.90 Å². The second kappa shape index (κ2) is 7.07. The number of carbonyl (C=O) groups excluding carboxylic acids is 1. The molecule has 0 spiro atoms. The van der Waals surface area contributed by atoms with E-state index in [4.69, 9.17) is 4.52 Å². The molecule has 4 aromatic rings. The van der Waals surface area contributed by atoms with E-state index in [2.05, 4.69) is 5.16 Å². The van der Waals surface area contributed by atoms with Crippen molar-refractivity contribution in [1.29, 1.82) is 0 Å². The summed E-state index contributed by atoms with van der Waals surface area (Å²) in [7, 11) is 0. The third-order valence-corrected chi connectivity index (χ3v) is 4.02. The van der Waals surface area contributed by atoms with E-state index in [-0.39, 0.29) is 11.6 Å². The summed E-state index contributed by atoms with van der Waals surface area (Å²) in [4.78, 5) is 14.8. The van der Waals surface area contributed by atoms with Gasteiger partial charge in [-0.2, -0.15) is 0 Å². The van der Waals surface area contributed by atoms with Crippen LogP contribution in [0.25, 0.3) is 11.3 Å². The van der Waals surface area contributed by atoms with Crippen molar-refractivity contribution >= 4 is 17.3 Å². The fraction of sp³-hybridized carbons (Fsp3) is 0. The Balaban J connectivity index is 1.73. The molecule has 0 saturated carbocycles. The lowest BCUT2D eigenvalue weighted by molar-refractivity contribution is 0.0990. The first-order chi connectivity index (χ1) is 12.8. The summed E-state index contributed by atoms with van der Waals surface area (Å²) in [6.07, 6.45) is 0. The van der Waals surface area contributed by atoms with Gasteiger partial charge in [-0.25, -0.2) is 0 Å². The van der Waals surface area contributed by atoms with E-state index >= 15 is 0 Å². The molecule has 3 aromatic carbocycles. The third-order valence-electron chi connectivity index (χ3n) is 4.02. The SMILES string of the molecule is O=C(c1cc(-c2ccccc2)on1)N(c1ccccc1)c1ccccc1. The molecule has 0 aliphatic rings. The van der Waals surface area contributed by atoms with Gasteiger partial charge in [0.05, 0.1) is 0 Å². The van der Waals surface area contributed by atoms with Gasteiger partial charge in [0.25, 0.3) is 5.91 Å². The van der Waals surface area contributed by atoms with E-state index in [0.29, 0.717) is 5.76 Å². The van der Waals surface area contributed by atoms with E-state index in [1.54, 1.807) is 11.0 Å². The summed E-state index contributed by atoms with van der Waals surface area (Å²) < 4.78 is 5.40.